The molecule has 1 aromatic heterocycles. The van der Waals surface area contributed by atoms with Gasteiger partial charge in [-0.2, -0.15) is 0 Å². The summed E-state index contributed by atoms with van der Waals surface area (Å²) >= 11 is 0. The maximum atomic E-state index is 13.4. The first kappa shape index (κ1) is 20.7. The number of rotatable bonds is 3. The number of para-hydroxylation sites is 1. The molecule has 1 atom stereocenters. The standard InChI is InChI=1S/C27H29N3O2/c31-26(23-11-15-28-16-12-23)30-20-24-9-4-5-10-25(24)32-27(21-30)13-6-17-29(18-14-27)19-22-7-2-1-3-8-22/h1-5,7-12,15-16H,6,13-14,17-21H2. The van der Waals surface area contributed by atoms with Crippen molar-refractivity contribution in [2.45, 2.75) is 38.0 Å². The van der Waals surface area contributed by atoms with Crippen molar-refractivity contribution in [3.63, 3.8) is 0 Å². The number of carbonyl (C=O) groups is 1. The van der Waals surface area contributed by atoms with Gasteiger partial charge in [-0.05, 0) is 43.1 Å². The molecule has 164 valence electrons. The summed E-state index contributed by atoms with van der Waals surface area (Å²) in [7, 11) is 0. The quantitative estimate of drug-likeness (QED) is 0.616. The van der Waals surface area contributed by atoms with Crippen LogP contribution in [0.2, 0.25) is 0 Å². The Kier molecular flexibility index (Phi) is 5.91. The Labute approximate surface area is 189 Å². The first-order chi connectivity index (χ1) is 15.7. The van der Waals surface area contributed by atoms with Crippen LogP contribution in [-0.4, -0.2) is 45.9 Å². The molecular weight excluding hydrogens is 398 g/mol. The molecule has 0 aliphatic carbocycles. The Hall–Kier alpha value is -3.18. The van der Waals surface area contributed by atoms with Crippen molar-refractivity contribution < 1.29 is 9.53 Å². The number of nitrogens with zero attached hydrogens (tertiary/aromatic N) is 3. The molecule has 5 rings (SSSR count). The predicted molar refractivity (Wildman–Crippen MR) is 124 cm³/mol. The highest BCUT2D eigenvalue weighted by Gasteiger charge is 2.40. The maximum Gasteiger partial charge on any atom is 0.254 e. The van der Waals surface area contributed by atoms with Crippen molar-refractivity contribution in [1.82, 2.24) is 14.8 Å². The van der Waals surface area contributed by atoms with Crippen LogP contribution in [0, 0.1) is 0 Å². The molecule has 1 fully saturated rings. The molecule has 2 aliphatic heterocycles. The number of fused-ring (bicyclic) bond motifs is 1. The monoisotopic (exact) mass is 427 g/mol. The van der Waals surface area contributed by atoms with Crippen molar-refractivity contribution in [1.29, 1.82) is 0 Å². The molecule has 0 radical (unpaired) electrons. The van der Waals surface area contributed by atoms with Crippen LogP contribution >= 0.6 is 0 Å². The minimum absolute atomic E-state index is 0.0393. The van der Waals surface area contributed by atoms with Gasteiger partial charge in [0, 0.05) is 49.6 Å². The van der Waals surface area contributed by atoms with Gasteiger partial charge >= 0.3 is 0 Å². The van der Waals surface area contributed by atoms with E-state index in [1.165, 1.54) is 5.56 Å². The molecular formula is C27H29N3O2. The van der Waals surface area contributed by atoms with Crippen LogP contribution in [0.5, 0.6) is 5.75 Å². The number of carbonyl (C=O) groups excluding carboxylic acids is 1. The summed E-state index contributed by atoms with van der Waals surface area (Å²) in [6, 6.07) is 22.4. The summed E-state index contributed by atoms with van der Waals surface area (Å²) < 4.78 is 6.75. The summed E-state index contributed by atoms with van der Waals surface area (Å²) in [6.07, 6.45) is 6.24. The van der Waals surface area contributed by atoms with E-state index in [2.05, 4.69) is 46.3 Å². The second-order valence-corrected chi connectivity index (χ2v) is 8.91. The van der Waals surface area contributed by atoms with Gasteiger partial charge in [-0.3, -0.25) is 14.7 Å². The first-order valence-electron chi connectivity index (χ1n) is 11.4. The molecule has 1 unspecified atom stereocenters. The van der Waals surface area contributed by atoms with E-state index in [9.17, 15) is 4.79 Å². The number of hydrogen-bond acceptors (Lipinski definition) is 4. The highest BCUT2D eigenvalue weighted by Crippen LogP contribution is 2.36. The number of ether oxygens (including phenoxy) is 1. The number of amides is 1. The van der Waals surface area contributed by atoms with Crippen LogP contribution < -0.4 is 4.74 Å². The fourth-order valence-electron chi connectivity index (χ4n) is 4.91. The zero-order valence-electron chi connectivity index (χ0n) is 18.3. The van der Waals surface area contributed by atoms with Crippen molar-refractivity contribution in [2.24, 2.45) is 0 Å². The van der Waals surface area contributed by atoms with Crippen LogP contribution in [-0.2, 0) is 13.1 Å². The highest BCUT2D eigenvalue weighted by atomic mass is 16.5. The summed E-state index contributed by atoms with van der Waals surface area (Å²) in [5.41, 5.74) is 2.71. The van der Waals surface area contributed by atoms with Gasteiger partial charge in [-0.1, -0.05) is 48.5 Å². The third kappa shape index (κ3) is 4.53. The zero-order chi connectivity index (χ0) is 21.8. The van der Waals surface area contributed by atoms with Crippen LogP contribution in [0.3, 0.4) is 0 Å². The summed E-state index contributed by atoms with van der Waals surface area (Å²) in [4.78, 5) is 22.0. The van der Waals surface area contributed by atoms with Gasteiger partial charge < -0.3 is 9.64 Å². The molecule has 32 heavy (non-hydrogen) atoms. The number of benzene rings is 2. The molecule has 0 bridgehead atoms. The fraction of sp³-hybridized carbons (Fsp3) is 0.333. The van der Waals surface area contributed by atoms with Crippen molar-refractivity contribution in [3.05, 3.63) is 95.8 Å². The Morgan fingerprint density at radius 2 is 1.72 bits per heavy atom. The van der Waals surface area contributed by atoms with E-state index in [0.717, 1.165) is 50.2 Å². The van der Waals surface area contributed by atoms with E-state index in [0.29, 0.717) is 18.7 Å². The molecule has 1 spiro atoms. The molecule has 3 heterocycles. The molecule has 0 saturated carbocycles. The zero-order valence-corrected chi connectivity index (χ0v) is 18.3. The van der Waals surface area contributed by atoms with E-state index >= 15 is 0 Å². The van der Waals surface area contributed by atoms with E-state index < -0.39 is 0 Å². The Bertz CT molecular complexity index is 1060. The van der Waals surface area contributed by atoms with Crippen LogP contribution in [0.4, 0.5) is 0 Å². The predicted octanol–water partition coefficient (Wildman–Crippen LogP) is 4.54. The number of likely N-dealkylation sites (tertiary alicyclic amines) is 1. The highest BCUT2D eigenvalue weighted by molar-refractivity contribution is 5.94. The SMILES string of the molecule is O=C(c1ccncc1)N1Cc2ccccc2OC2(CCCN(Cc3ccccc3)CC2)C1. The van der Waals surface area contributed by atoms with Gasteiger partial charge in [0.05, 0.1) is 6.54 Å². The smallest absolute Gasteiger partial charge is 0.254 e. The Morgan fingerprint density at radius 1 is 0.938 bits per heavy atom. The molecule has 5 nitrogen and oxygen atoms in total. The lowest BCUT2D eigenvalue weighted by Crippen LogP contribution is -2.48. The van der Waals surface area contributed by atoms with Gasteiger partial charge in [0.15, 0.2) is 0 Å². The largest absolute Gasteiger partial charge is 0.485 e. The lowest BCUT2D eigenvalue weighted by molar-refractivity contribution is 0.0214. The van der Waals surface area contributed by atoms with Crippen LogP contribution in [0.25, 0.3) is 0 Å². The molecule has 1 saturated heterocycles. The second kappa shape index (κ2) is 9.13. The average molecular weight is 428 g/mol. The summed E-state index contributed by atoms with van der Waals surface area (Å²) in [6.45, 7) is 4.11. The van der Waals surface area contributed by atoms with E-state index in [4.69, 9.17) is 4.74 Å². The molecule has 2 aromatic carbocycles. The lowest BCUT2D eigenvalue weighted by Gasteiger charge is -2.35. The van der Waals surface area contributed by atoms with Crippen LogP contribution in [0.1, 0.15) is 40.7 Å². The number of hydrogen-bond donors (Lipinski definition) is 0. The molecule has 0 N–H and O–H groups in total. The number of aromatic nitrogens is 1. The average Bonchev–Trinajstić information content (AvgIpc) is 3.13. The minimum Gasteiger partial charge on any atom is -0.485 e. The van der Waals surface area contributed by atoms with Crippen LogP contribution in [0.15, 0.2) is 79.1 Å². The van der Waals surface area contributed by atoms with Gasteiger partial charge in [0.2, 0.25) is 0 Å². The van der Waals surface area contributed by atoms with E-state index in [1.54, 1.807) is 24.5 Å². The van der Waals surface area contributed by atoms with Crippen molar-refractivity contribution in [2.75, 3.05) is 19.6 Å². The van der Waals surface area contributed by atoms with Gasteiger partial charge in [0.25, 0.3) is 5.91 Å². The maximum absolute atomic E-state index is 13.4. The second-order valence-electron chi connectivity index (χ2n) is 8.91. The van der Waals surface area contributed by atoms with Crippen molar-refractivity contribution >= 4 is 5.91 Å². The van der Waals surface area contributed by atoms with Gasteiger partial charge in [-0.15, -0.1) is 0 Å². The minimum atomic E-state index is -0.374. The normalized spacial score (nSPS) is 21.3. The lowest BCUT2D eigenvalue weighted by atomic mass is 9.93. The third-order valence-corrected chi connectivity index (χ3v) is 6.59. The molecule has 5 heteroatoms. The molecule has 2 aliphatic rings. The molecule has 1 amide bonds. The topological polar surface area (TPSA) is 45.7 Å². The third-order valence-electron chi connectivity index (χ3n) is 6.59. The summed E-state index contributed by atoms with van der Waals surface area (Å²) in [5, 5.41) is 0. The van der Waals surface area contributed by atoms with Gasteiger partial charge in [-0.25, -0.2) is 0 Å². The Balaban J connectivity index is 1.40. The van der Waals surface area contributed by atoms with Crippen molar-refractivity contribution in [3.8, 4) is 5.75 Å². The van der Waals surface area contributed by atoms with E-state index in [-0.39, 0.29) is 11.5 Å². The van der Waals surface area contributed by atoms with Gasteiger partial charge in [0.1, 0.15) is 11.4 Å². The fourth-order valence-corrected chi connectivity index (χ4v) is 4.91. The number of pyridine rings is 1. The first-order valence-corrected chi connectivity index (χ1v) is 11.4. The summed E-state index contributed by atoms with van der Waals surface area (Å²) in [5.74, 6) is 0.950. The molecule has 3 aromatic rings. The van der Waals surface area contributed by atoms with E-state index in [1.807, 2.05) is 23.1 Å². The Morgan fingerprint density at radius 3 is 2.56 bits per heavy atom.